The Hall–Kier alpha value is -4.29. The number of fused-ring (bicyclic) bond motifs is 1. The van der Waals surface area contributed by atoms with Crippen LogP contribution in [0.3, 0.4) is 0 Å². The number of nitrogens with one attached hydrogen (secondary N) is 1. The zero-order valence-corrected chi connectivity index (χ0v) is 19.6. The Morgan fingerprint density at radius 1 is 0.771 bits per heavy atom. The number of anilines is 2. The number of carbonyl (C=O) groups excluding carboxylic acids is 1. The average Bonchev–Trinajstić information content (AvgIpc) is 3.52. The predicted octanol–water partition coefficient (Wildman–Crippen LogP) is 6.52. The fraction of sp³-hybridized carbons (Fsp3) is 0.0690. The summed E-state index contributed by atoms with van der Waals surface area (Å²) in [5.74, 6) is -0.661. The van der Waals surface area contributed by atoms with E-state index in [1.165, 1.54) is 11.3 Å². The zero-order valence-electron chi connectivity index (χ0n) is 18.8. The van der Waals surface area contributed by atoms with Crippen LogP contribution in [0.15, 0.2) is 120 Å². The van der Waals surface area contributed by atoms with Gasteiger partial charge in [0.2, 0.25) is 5.91 Å². The monoisotopic (exact) mass is 474 g/mol. The van der Waals surface area contributed by atoms with Gasteiger partial charge in [0.15, 0.2) is 5.13 Å². The third-order valence-corrected chi connectivity index (χ3v) is 7.08. The molecule has 0 spiro atoms. The molecule has 35 heavy (non-hydrogen) atoms. The molecular formula is C29H22N4OS. The summed E-state index contributed by atoms with van der Waals surface area (Å²) in [4.78, 5) is 18.6. The number of benzene rings is 4. The van der Waals surface area contributed by atoms with Crippen LogP contribution in [0.1, 0.15) is 17.2 Å². The lowest BCUT2D eigenvalue weighted by Crippen LogP contribution is -2.35. The highest BCUT2D eigenvalue weighted by atomic mass is 32.1. The summed E-state index contributed by atoms with van der Waals surface area (Å²) in [5.41, 5.74) is 4.50. The van der Waals surface area contributed by atoms with Crippen LogP contribution in [0.5, 0.6) is 0 Å². The first-order valence-electron chi connectivity index (χ1n) is 11.5. The lowest BCUT2D eigenvalue weighted by Gasteiger charge is -2.28. The van der Waals surface area contributed by atoms with Crippen LogP contribution in [-0.4, -0.2) is 16.6 Å². The van der Waals surface area contributed by atoms with E-state index in [2.05, 4.69) is 22.4 Å². The molecule has 0 fully saturated rings. The molecule has 6 heteroatoms. The standard InChI is InChI=1S/C29H22N4OS/c34-28(31-29-30-23-18-10-11-19-24(23)35-29)25-26(20-12-4-1-5-13-20)32-33(22-16-8-3-9-17-22)27(25)21-14-6-2-7-15-21/h1-19,25,27H,(H,30,31,34). The molecule has 2 heterocycles. The normalized spacial score (nSPS) is 17.4. The fourth-order valence-corrected chi connectivity index (χ4v) is 5.41. The van der Waals surface area contributed by atoms with E-state index in [1.807, 2.05) is 108 Å². The predicted molar refractivity (Wildman–Crippen MR) is 143 cm³/mol. The number of amides is 1. The van der Waals surface area contributed by atoms with Crippen molar-refractivity contribution in [2.24, 2.45) is 11.0 Å². The smallest absolute Gasteiger partial charge is 0.237 e. The number of para-hydroxylation sites is 2. The van der Waals surface area contributed by atoms with Gasteiger partial charge in [0.25, 0.3) is 0 Å². The average molecular weight is 475 g/mol. The Bertz CT molecular complexity index is 1470. The van der Waals surface area contributed by atoms with Crippen molar-refractivity contribution in [2.45, 2.75) is 6.04 Å². The number of thiazole rings is 1. The third-order valence-electron chi connectivity index (χ3n) is 6.13. The minimum absolute atomic E-state index is 0.126. The maximum absolute atomic E-state index is 14.0. The Morgan fingerprint density at radius 2 is 1.40 bits per heavy atom. The molecule has 1 aliphatic heterocycles. The molecule has 2 unspecified atom stereocenters. The molecule has 5 nitrogen and oxygen atoms in total. The lowest BCUT2D eigenvalue weighted by atomic mass is 9.86. The molecule has 0 radical (unpaired) electrons. The summed E-state index contributed by atoms with van der Waals surface area (Å²) < 4.78 is 1.04. The van der Waals surface area contributed by atoms with Crippen molar-refractivity contribution >= 4 is 44.0 Å². The number of hydrogen-bond donors (Lipinski definition) is 1. The van der Waals surface area contributed by atoms with Crippen LogP contribution in [0.4, 0.5) is 10.8 Å². The maximum Gasteiger partial charge on any atom is 0.237 e. The Labute approximate surface area is 207 Å². The van der Waals surface area contributed by atoms with Gasteiger partial charge in [-0.25, -0.2) is 4.98 Å². The van der Waals surface area contributed by atoms with Gasteiger partial charge < -0.3 is 5.32 Å². The molecule has 5 aromatic rings. The zero-order chi connectivity index (χ0) is 23.6. The molecule has 0 aliphatic carbocycles. The number of aromatic nitrogens is 1. The molecular weight excluding hydrogens is 452 g/mol. The largest absolute Gasteiger partial charge is 0.301 e. The molecule has 4 aromatic carbocycles. The first-order chi connectivity index (χ1) is 17.3. The Morgan fingerprint density at radius 3 is 2.11 bits per heavy atom. The molecule has 1 N–H and O–H groups in total. The van der Waals surface area contributed by atoms with Crippen LogP contribution < -0.4 is 10.3 Å². The molecule has 0 bridgehead atoms. The number of nitrogens with zero attached hydrogens (tertiary/aromatic N) is 3. The second-order valence-electron chi connectivity index (χ2n) is 8.34. The van der Waals surface area contributed by atoms with Crippen molar-refractivity contribution in [1.29, 1.82) is 0 Å². The van der Waals surface area contributed by atoms with E-state index in [9.17, 15) is 4.79 Å². The van der Waals surface area contributed by atoms with Crippen molar-refractivity contribution in [3.63, 3.8) is 0 Å². The topological polar surface area (TPSA) is 57.6 Å². The minimum Gasteiger partial charge on any atom is -0.301 e. The fourth-order valence-electron chi connectivity index (χ4n) is 4.54. The van der Waals surface area contributed by atoms with Crippen LogP contribution in [0, 0.1) is 5.92 Å². The van der Waals surface area contributed by atoms with Gasteiger partial charge in [-0.15, -0.1) is 0 Å². The van der Waals surface area contributed by atoms with E-state index in [0.29, 0.717) is 5.13 Å². The summed E-state index contributed by atoms with van der Waals surface area (Å²) in [6, 6.07) is 37.6. The number of hydrogen-bond acceptors (Lipinski definition) is 5. The van der Waals surface area contributed by atoms with Crippen molar-refractivity contribution in [2.75, 3.05) is 10.3 Å². The van der Waals surface area contributed by atoms with Gasteiger partial charge in [-0.3, -0.25) is 9.80 Å². The minimum atomic E-state index is -0.535. The number of carbonyl (C=O) groups is 1. The van der Waals surface area contributed by atoms with E-state index in [-0.39, 0.29) is 11.9 Å². The van der Waals surface area contributed by atoms with Crippen molar-refractivity contribution in [1.82, 2.24) is 4.98 Å². The molecule has 0 saturated carbocycles. The van der Waals surface area contributed by atoms with Crippen LogP contribution in [0.2, 0.25) is 0 Å². The van der Waals surface area contributed by atoms with E-state index in [4.69, 9.17) is 5.10 Å². The summed E-state index contributed by atoms with van der Waals surface area (Å²) in [7, 11) is 0. The van der Waals surface area contributed by atoms with Gasteiger partial charge in [-0.2, -0.15) is 5.10 Å². The van der Waals surface area contributed by atoms with Gasteiger partial charge in [0.1, 0.15) is 5.92 Å². The lowest BCUT2D eigenvalue weighted by molar-refractivity contribution is -0.118. The maximum atomic E-state index is 14.0. The van der Waals surface area contributed by atoms with Gasteiger partial charge >= 0.3 is 0 Å². The molecule has 1 aromatic heterocycles. The molecule has 170 valence electrons. The van der Waals surface area contributed by atoms with Crippen LogP contribution >= 0.6 is 11.3 Å². The summed E-state index contributed by atoms with van der Waals surface area (Å²) in [6.07, 6.45) is 0. The van der Waals surface area contributed by atoms with E-state index in [1.54, 1.807) is 0 Å². The van der Waals surface area contributed by atoms with Gasteiger partial charge in [0, 0.05) is 0 Å². The first kappa shape index (κ1) is 21.3. The second-order valence-corrected chi connectivity index (χ2v) is 9.37. The van der Waals surface area contributed by atoms with Gasteiger partial charge in [0.05, 0.1) is 27.7 Å². The first-order valence-corrected chi connectivity index (χ1v) is 12.3. The Kier molecular flexibility index (Phi) is 5.56. The van der Waals surface area contributed by atoms with Crippen LogP contribution in [0.25, 0.3) is 10.2 Å². The SMILES string of the molecule is O=C(Nc1nc2ccccc2s1)C1C(c2ccccc2)=NN(c2ccccc2)C1c1ccccc1. The molecule has 0 saturated heterocycles. The molecule has 1 aliphatic rings. The highest BCUT2D eigenvalue weighted by molar-refractivity contribution is 7.22. The highest BCUT2D eigenvalue weighted by Gasteiger charge is 2.44. The van der Waals surface area contributed by atoms with E-state index < -0.39 is 5.92 Å². The van der Waals surface area contributed by atoms with E-state index in [0.717, 1.165) is 32.7 Å². The quantitative estimate of drug-likeness (QED) is 0.316. The second kappa shape index (κ2) is 9.16. The van der Waals surface area contributed by atoms with Gasteiger partial charge in [-0.05, 0) is 35.4 Å². The van der Waals surface area contributed by atoms with Crippen LogP contribution in [-0.2, 0) is 4.79 Å². The number of rotatable bonds is 5. The highest BCUT2D eigenvalue weighted by Crippen LogP contribution is 2.41. The summed E-state index contributed by atoms with van der Waals surface area (Å²) in [6.45, 7) is 0. The van der Waals surface area contributed by atoms with Gasteiger partial charge in [-0.1, -0.05) is 102 Å². The molecule has 1 amide bonds. The summed E-state index contributed by atoms with van der Waals surface area (Å²) >= 11 is 1.48. The third kappa shape index (κ3) is 4.09. The van der Waals surface area contributed by atoms with Crippen molar-refractivity contribution < 1.29 is 4.79 Å². The Balaban J connectivity index is 1.46. The molecule has 2 atom stereocenters. The van der Waals surface area contributed by atoms with Crippen molar-refractivity contribution in [3.8, 4) is 0 Å². The summed E-state index contributed by atoms with van der Waals surface area (Å²) in [5, 5.41) is 10.7. The van der Waals surface area contributed by atoms with Crippen molar-refractivity contribution in [3.05, 3.63) is 126 Å². The molecule has 6 rings (SSSR count). The van der Waals surface area contributed by atoms with E-state index >= 15 is 0 Å². The number of hydrazone groups is 1.